The maximum Gasteiger partial charge on any atom is 0.281 e. The monoisotopic (exact) mass is 388 g/mol. The van der Waals surface area contributed by atoms with Crippen molar-refractivity contribution in [2.24, 2.45) is 0 Å². The number of hydrogen-bond acceptors (Lipinski definition) is 4. The summed E-state index contributed by atoms with van der Waals surface area (Å²) >= 11 is 0. The zero-order chi connectivity index (χ0) is 20.7. The molecule has 0 radical (unpaired) electrons. The summed E-state index contributed by atoms with van der Waals surface area (Å²) in [5.41, 5.74) is 2.35. The topological polar surface area (TPSA) is 78.9 Å². The average Bonchev–Trinajstić information content (AvgIpc) is 2.98. The van der Waals surface area contributed by atoms with E-state index in [2.05, 4.69) is 4.98 Å². The Morgan fingerprint density at radius 3 is 2.41 bits per heavy atom. The van der Waals surface area contributed by atoms with Crippen LogP contribution >= 0.6 is 0 Å². The number of carbonyl (C=O) groups is 1. The first-order chi connectivity index (χ1) is 13.9. The molecule has 0 bridgehead atoms. The SMILES string of the molecule is CC(=O)n1c2cc(=O)n(Cc3ccccn3)c(C)c2c(=O)n1-c1ccccc1C. The van der Waals surface area contributed by atoms with Crippen molar-refractivity contribution < 1.29 is 4.79 Å². The van der Waals surface area contributed by atoms with E-state index >= 15 is 0 Å². The summed E-state index contributed by atoms with van der Waals surface area (Å²) in [4.78, 5) is 43.0. The number of rotatable bonds is 3. The van der Waals surface area contributed by atoms with Gasteiger partial charge in [0.25, 0.3) is 11.1 Å². The summed E-state index contributed by atoms with van der Waals surface area (Å²) in [6.07, 6.45) is 1.66. The summed E-state index contributed by atoms with van der Waals surface area (Å²) in [7, 11) is 0. The van der Waals surface area contributed by atoms with Crippen LogP contribution in [0.5, 0.6) is 0 Å². The van der Waals surface area contributed by atoms with Gasteiger partial charge in [-0.1, -0.05) is 24.3 Å². The Morgan fingerprint density at radius 2 is 1.76 bits per heavy atom. The van der Waals surface area contributed by atoms with Crippen molar-refractivity contribution in [1.29, 1.82) is 0 Å². The van der Waals surface area contributed by atoms with Crippen LogP contribution in [0.4, 0.5) is 0 Å². The van der Waals surface area contributed by atoms with Crippen LogP contribution in [0.15, 0.2) is 64.3 Å². The lowest BCUT2D eigenvalue weighted by atomic mass is 10.2. The van der Waals surface area contributed by atoms with E-state index in [1.165, 1.54) is 26.9 Å². The molecule has 1 aromatic carbocycles. The fourth-order valence-corrected chi connectivity index (χ4v) is 3.67. The smallest absolute Gasteiger partial charge is 0.281 e. The fraction of sp³-hybridized carbons (Fsp3) is 0.182. The number of benzene rings is 1. The predicted molar refractivity (Wildman–Crippen MR) is 111 cm³/mol. The highest BCUT2D eigenvalue weighted by Crippen LogP contribution is 2.19. The van der Waals surface area contributed by atoms with Crippen LogP contribution in [0.1, 0.15) is 28.7 Å². The van der Waals surface area contributed by atoms with Crippen LogP contribution < -0.4 is 11.1 Å². The molecule has 3 aromatic heterocycles. The van der Waals surface area contributed by atoms with Gasteiger partial charge in [0.15, 0.2) is 0 Å². The van der Waals surface area contributed by atoms with Crippen molar-refractivity contribution in [3.05, 3.63) is 92.4 Å². The Kier molecular flexibility index (Phi) is 4.50. The van der Waals surface area contributed by atoms with Crippen LogP contribution in [0, 0.1) is 13.8 Å². The number of para-hydroxylation sites is 1. The fourth-order valence-electron chi connectivity index (χ4n) is 3.67. The van der Waals surface area contributed by atoms with Crippen molar-refractivity contribution >= 4 is 16.8 Å². The summed E-state index contributed by atoms with van der Waals surface area (Å²) < 4.78 is 4.14. The van der Waals surface area contributed by atoms with Gasteiger partial charge in [-0.15, -0.1) is 0 Å². The van der Waals surface area contributed by atoms with E-state index in [1.807, 2.05) is 37.3 Å². The Morgan fingerprint density at radius 1 is 1.03 bits per heavy atom. The van der Waals surface area contributed by atoms with Crippen LogP contribution in [-0.4, -0.2) is 24.8 Å². The molecule has 3 heterocycles. The highest BCUT2D eigenvalue weighted by atomic mass is 16.2. The minimum absolute atomic E-state index is 0.247. The Bertz CT molecular complexity index is 1360. The maximum atomic E-state index is 13.4. The second-order valence-electron chi connectivity index (χ2n) is 6.97. The molecule has 0 aliphatic rings. The third kappa shape index (κ3) is 3.00. The highest BCUT2D eigenvalue weighted by Gasteiger charge is 2.22. The second-order valence-corrected chi connectivity index (χ2v) is 6.97. The Balaban J connectivity index is 2.06. The largest absolute Gasteiger partial charge is 0.306 e. The van der Waals surface area contributed by atoms with Gasteiger partial charge in [0, 0.05) is 24.9 Å². The molecule has 146 valence electrons. The number of carbonyl (C=O) groups excluding carboxylic acids is 1. The maximum absolute atomic E-state index is 13.4. The molecule has 7 heteroatoms. The molecule has 0 aliphatic heterocycles. The Hall–Kier alpha value is -3.74. The van der Waals surface area contributed by atoms with Gasteiger partial charge in [-0.3, -0.25) is 19.4 Å². The Labute approximate surface area is 166 Å². The lowest BCUT2D eigenvalue weighted by Gasteiger charge is -2.12. The molecule has 0 fully saturated rings. The van der Waals surface area contributed by atoms with Gasteiger partial charge >= 0.3 is 0 Å². The van der Waals surface area contributed by atoms with Gasteiger partial charge in [0.2, 0.25) is 5.91 Å². The number of aromatic nitrogens is 4. The summed E-state index contributed by atoms with van der Waals surface area (Å²) in [6.45, 7) is 5.22. The minimum Gasteiger partial charge on any atom is -0.306 e. The van der Waals surface area contributed by atoms with Crippen molar-refractivity contribution in [3.8, 4) is 5.69 Å². The van der Waals surface area contributed by atoms with Crippen LogP contribution in [-0.2, 0) is 6.54 Å². The first-order valence-electron chi connectivity index (χ1n) is 9.25. The molecular formula is C22H20N4O3. The van der Waals surface area contributed by atoms with E-state index in [1.54, 1.807) is 25.3 Å². The molecule has 0 spiro atoms. The quantitative estimate of drug-likeness (QED) is 0.541. The van der Waals surface area contributed by atoms with Gasteiger partial charge < -0.3 is 4.57 Å². The number of fused-ring (bicyclic) bond motifs is 1. The molecule has 0 saturated carbocycles. The predicted octanol–water partition coefficient (Wildman–Crippen LogP) is 2.67. The first kappa shape index (κ1) is 18.6. The van der Waals surface area contributed by atoms with E-state index in [0.29, 0.717) is 28.0 Å². The number of nitrogens with zero attached hydrogens (tertiary/aromatic N) is 4. The molecule has 4 rings (SSSR count). The average molecular weight is 388 g/mol. The number of pyridine rings is 2. The van der Waals surface area contributed by atoms with Gasteiger partial charge in [-0.05, 0) is 37.6 Å². The van der Waals surface area contributed by atoms with E-state index in [0.717, 1.165) is 5.56 Å². The zero-order valence-corrected chi connectivity index (χ0v) is 16.4. The van der Waals surface area contributed by atoms with Gasteiger partial charge in [0.1, 0.15) is 0 Å². The third-order valence-electron chi connectivity index (χ3n) is 5.07. The molecule has 0 aliphatic carbocycles. The number of hydrogen-bond donors (Lipinski definition) is 0. The van der Waals surface area contributed by atoms with Gasteiger partial charge in [-0.25, -0.2) is 9.36 Å². The molecule has 0 amide bonds. The molecule has 0 saturated heterocycles. The van der Waals surface area contributed by atoms with Crippen LogP contribution in [0.2, 0.25) is 0 Å². The van der Waals surface area contributed by atoms with Crippen LogP contribution in [0.3, 0.4) is 0 Å². The molecule has 0 atom stereocenters. The third-order valence-corrected chi connectivity index (χ3v) is 5.07. The van der Waals surface area contributed by atoms with Crippen molar-refractivity contribution in [1.82, 2.24) is 18.9 Å². The zero-order valence-electron chi connectivity index (χ0n) is 16.4. The van der Waals surface area contributed by atoms with Gasteiger partial charge in [-0.2, -0.15) is 0 Å². The van der Waals surface area contributed by atoms with Gasteiger partial charge in [0.05, 0.1) is 28.8 Å². The normalized spacial score (nSPS) is 11.1. The molecular weight excluding hydrogens is 368 g/mol. The van der Waals surface area contributed by atoms with E-state index < -0.39 is 0 Å². The molecule has 4 aromatic rings. The number of aryl methyl sites for hydroxylation is 2. The summed E-state index contributed by atoms with van der Waals surface area (Å²) in [5, 5.41) is 0.346. The van der Waals surface area contributed by atoms with E-state index in [-0.39, 0.29) is 23.6 Å². The van der Waals surface area contributed by atoms with E-state index in [4.69, 9.17) is 0 Å². The highest BCUT2D eigenvalue weighted by molar-refractivity contribution is 5.91. The molecule has 0 N–H and O–H groups in total. The van der Waals surface area contributed by atoms with E-state index in [9.17, 15) is 14.4 Å². The molecule has 0 unspecified atom stereocenters. The summed E-state index contributed by atoms with van der Waals surface area (Å²) in [6, 6.07) is 14.2. The van der Waals surface area contributed by atoms with Crippen molar-refractivity contribution in [2.75, 3.05) is 0 Å². The minimum atomic E-state index is -0.346. The first-order valence-corrected chi connectivity index (χ1v) is 9.25. The second kappa shape index (κ2) is 7.01. The lowest BCUT2D eigenvalue weighted by Crippen LogP contribution is -2.25. The molecule has 7 nitrogen and oxygen atoms in total. The standard InChI is InChI=1S/C22H20N4O3/c1-14-8-4-5-10-18(14)26-22(29)21-15(2)24(13-17-9-6-7-11-23-17)20(28)12-19(21)25(26)16(3)27/h4-12H,13H2,1-3H3. The summed E-state index contributed by atoms with van der Waals surface area (Å²) in [5.74, 6) is -0.346. The van der Waals surface area contributed by atoms with Crippen molar-refractivity contribution in [3.63, 3.8) is 0 Å². The van der Waals surface area contributed by atoms with Crippen LogP contribution in [0.25, 0.3) is 16.6 Å². The van der Waals surface area contributed by atoms with Crippen molar-refractivity contribution in [2.45, 2.75) is 27.3 Å². The molecule has 29 heavy (non-hydrogen) atoms. The lowest BCUT2D eigenvalue weighted by molar-refractivity contribution is 0.0917.